The van der Waals surface area contributed by atoms with Crippen LogP contribution in [0.25, 0.3) is 0 Å². The smallest absolute Gasteiger partial charge is 0.0385 e. The van der Waals surface area contributed by atoms with Crippen LogP contribution in [-0.2, 0) is 0 Å². The fourth-order valence-electron chi connectivity index (χ4n) is 1.93. The van der Waals surface area contributed by atoms with Gasteiger partial charge in [-0.1, -0.05) is 56.5 Å². The lowest BCUT2D eigenvalue weighted by atomic mass is 10.0. The van der Waals surface area contributed by atoms with Gasteiger partial charge >= 0.3 is 0 Å². The van der Waals surface area contributed by atoms with E-state index < -0.39 is 0 Å². The van der Waals surface area contributed by atoms with Crippen LogP contribution in [0.1, 0.15) is 57.1 Å². The molecule has 0 aliphatic rings. The highest BCUT2D eigenvalue weighted by Gasteiger charge is 2.02. The summed E-state index contributed by atoms with van der Waals surface area (Å²) >= 11 is 0. The number of hydrogen-bond donors (Lipinski definition) is 1. The summed E-state index contributed by atoms with van der Waals surface area (Å²) in [6.07, 6.45) is 9.12. The van der Waals surface area contributed by atoms with Crippen LogP contribution < -0.4 is 5.73 Å². The number of nitrogens with zero attached hydrogens (tertiary/aromatic N) is 1. The van der Waals surface area contributed by atoms with E-state index in [1.807, 2.05) is 24.4 Å². The average molecular weight is 319 g/mol. The molecule has 1 rings (SSSR count). The van der Waals surface area contributed by atoms with Gasteiger partial charge in [0.2, 0.25) is 0 Å². The van der Waals surface area contributed by atoms with Crippen molar-refractivity contribution in [1.29, 1.82) is 0 Å². The maximum atomic E-state index is 6.11. The first kappa shape index (κ1) is 21.7. The lowest BCUT2D eigenvalue weighted by molar-refractivity contribution is 0.666. The molecule has 0 aliphatic carbocycles. The van der Waals surface area contributed by atoms with Gasteiger partial charge in [0.05, 0.1) is 0 Å². The van der Waals surface area contributed by atoms with Crippen molar-refractivity contribution in [3.63, 3.8) is 0 Å². The van der Waals surface area contributed by atoms with Crippen LogP contribution >= 0.6 is 24.8 Å². The zero-order chi connectivity index (χ0) is 13.1. The quantitative estimate of drug-likeness (QED) is 0.507. The third-order valence-corrected chi connectivity index (χ3v) is 3.10. The number of hydrogen-bond acceptors (Lipinski definition) is 2. The maximum Gasteiger partial charge on any atom is 0.0385 e. The van der Waals surface area contributed by atoms with Gasteiger partial charge in [0.15, 0.2) is 0 Å². The van der Waals surface area contributed by atoms with Crippen molar-refractivity contribution in [3.05, 3.63) is 35.9 Å². The van der Waals surface area contributed by atoms with E-state index in [0.29, 0.717) is 0 Å². The highest BCUT2D eigenvalue weighted by molar-refractivity contribution is 5.85. The molecule has 116 valence electrons. The second kappa shape index (κ2) is 14.8. The monoisotopic (exact) mass is 318 g/mol. The molecule has 0 saturated heterocycles. The summed E-state index contributed by atoms with van der Waals surface area (Å²) in [5, 5.41) is 0. The van der Waals surface area contributed by atoms with E-state index in [0.717, 1.165) is 19.4 Å². The minimum atomic E-state index is 0. The van der Waals surface area contributed by atoms with Crippen molar-refractivity contribution < 1.29 is 0 Å². The molecule has 0 heterocycles. The number of rotatable bonds is 9. The van der Waals surface area contributed by atoms with Crippen LogP contribution in [-0.4, -0.2) is 12.8 Å². The van der Waals surface area contributed by atoms with Gasteiger partial charge in [-0.05, 0) is 31.0 Å². The Bertz CT molecular complexity index is 329. The minimum Gasteiger partial charge on any atom is -0.324 e. The molecule has 1 unspecified atom stereocenters. The topological polar surface area (TPSA) is 38.4 Å². The first-order valence-electron chi connectivity index (χ1n) is 7.13. The predicted octanol–water partition coefficient (Wildman–Crippen LogP) is 4.96. The molecule has 20 heavy (non-hydrogen) atoms. The van der Waals surface area contributed by atoms with Gasteiger partial charge in [-0.2, -0.15) is 0 Å². The number of unbranched alkanes of at least 4 members (excludes halogenated alkanes) is 3. The summed E-state index contributed by atoms with van der Waals surface area (Å²) in [5.74, 6) is 0. The minimum absolute atomic E-state index is 0. The summed E-state index contributed by atoms with van der Waals surface area (Å²) in [7, 11) is 0. The predicted molar refractivity (Wildman–Crippen MR) is 94.6 cm³/mol. The number of halogens is 2. The Balaban J connectivity index is 0. The molecule has 1 aromatic carbocycles. The largest absolute Gasteiger partial charge is 0.324 e. The second-order valence-corrected chi connectivity index (χ2v) is 4.74. The van der Waals surface area contributed by atoms with Crippen LogP contribution in [0.5, 0.6) is 0 Å². The number of nitrogens with two attached hydrogens (primary N) is 1. The zero-order valence-electron chi connectivity index (χ0n) is 12.3. The van der Waals surface area contributed by atoms with Crippen molar-refractivity contribution >= 4 is 31.0 Å². The van der Waals surface area contributed by atoms with Crippen LogP contribution in [0, 0.1) is 0 Å². The van der Waals surface area contributed by atoms with E-state index in [1.54, 1.807) is 0 Å². The van der Waals surface area contributed by atoms with Crippen LogP contribution in [0.15, 0.2) is 35.3 Å². The van der Waals surface area contributed by atoms with E-state index in [4.69, 9.17) is 5.73 Å². The molecule has 0 amide bonds. The molecule has 1 aromatic rings. The normalized spacial score (nSPS) is 11.7. The Labute approximate surface area is 136 Å². The Morgan fingerprint density at radius 2 is 1.80 bits per heavy atom. The molecule has 0 spiro atoms. The van der Waals surface area contributed by atoms with Gasteiger partial charge in [0.1, 0.15) is 0 Å². The second-order valence-electron chi connectivity index (χ2n) is 4.74. The van der Waals surface area contributed by atoms with E-state index >= 15 is 0 Å². The molecular weight excluding hydrogens is 291 g/mol. The van der Waals surface area contributed by atoms with Gasteiger partial charge in [-0.15, -0.1) is 24.8 Å². The fourth-order valence-corrected chi connectivity index (χ4v) is 1.93. The van der Waals surface area contributed by atoms with Crippen LogP contribution in [0.2, 0.25) is 0 Å². The Kier molecular flexibility index (Phi) is 16.1. The van der Waals surface area contributed by atoms with Crippen molar-refractivity contribution in [1.82, 2.24) is 0 Å². The van der Waals surface area contributed by atoms with Gasteiger partial charge in [-0.3, -0.25) is 4.99 Å². The molecule has 0 saturated carbocycles. The summed E-state index contributed by atoms with van der Waals surface area (Å²) < 4.78 is 0. The van der Waals surface area contributed by atoms with Crippen LogP contribution in [0.3, 0.4) is 0 Å². The van der Waals surface area contributed by atoms with Gasteiger partial charge in [0, 0.05) is 12.6 Å². The van der Waals surface area contributed by atoms with Gasteiger partial charge in [-0.25, -0.2) is 0 Å². The summed E-state index contributed by atoms with van der Waals surface area (Å²) in [6.45, 7) is 3.20. The molecule has 2 nitrogen and oxygen atoms in total. The third-order valence-electron chi connectivity index (χ3n) is 3.10. The number of aliphatic imine (C=N–C) groups is 1. The highest BCUT2D eigenvalue weighted by atomic mass is 35.5. The number of benzene rings is 1. The molecule has 0 bridgehead atoms. The Morgan fingerprint density at radius 1 is 1.10 bits per heavy atom. The van der Waals surface area contributed by atoms with Crippen molar-refractivity contribution in [2.45, 2.75) is 51.5 Å². The third kappa shape index (κ3) is 10.2. The first-order valence-corrected chi connectivity index (χ1v) is 7.13. The molecule has 0 radical (unpaired) electrons. The molecule has 0 aliphatic heterocycles. The average Bonchev–Trinajstić information content (AvgIpc) is 2.42. The van der Waals surface area contributed by atoms with E-state index in [2.05, 4.69) is 24.0 Å². The van der Waals surface area contributed by atoms with E-state index in [1.165, 1.54) is 31.2 Å². The first-order chi connectivity index (χ1) is 8.84. The lowest BCUT2D eigenvalue weighted by Crippen LogP contribution is -2.09. The van der Waals surface area contributed by atoms with Crippen molar-refractivity contribution in [2.24, 2.45) is 10.7 Å². The molecule has 0 fully saturated rings. The SMILES string of the molecule is CCCCCCN=CCCC(N)c1ccccc1.Cl.Cl. The fraction of sp³-hybridized carbons (Fsp3) is 0.562. The van der Waals surface area contributed by atoms with Crippen molar-refractivity contribution in [2.75, 3.05) is 6.54 Å². The lowest BCUT2D eigenvalue weighted by Gasteiger charge is -2.09. The molecule has 0 aromatic heterocycles. The molecule has 2 N–H and O–H groups in total. The maximum absolute atomic E-state index is 6.11. The summed E-state index contributed by atoms with van der Waals surface area (Å²) in [5.41, 5.74) is 7.33. The Hall–Kier alpha value is -0.570. The van der Waals surface area contributed by atoms with E-state index in [9.17, 15) is 0 Å². The van der Waals surface area contributed by atoms with Gasteiger partial charge < -0.3 is 5.73 Å². The van der Waals surface area contributed by atoms with Crippen LogP contribution in [0.4, 0.5) is 0 Å². The molecule has 4 heteroatoms. The molecular formula is C16H28Cl2N2. The molecule has 1 atom stereocenters. The van der Waals surface area contributed by atoms with Gasteiger partial charge in [0.25, 0.3) is 0 Å². The summed E-state index contributed by atoms with van der Waals surface area (Å²) in [4.78, 5) is 4.43. The summed E-state index contributed by atoms with van der Waals surface area (Å²) in [6, 6.07) is 10.4. The van der Waals surface area contributed by atoms with Crippen molar-refractivity contribution in [3.8, 4) is 0 Å². The zero-order valence-corrected chi connectivity index (χ0v) is 14.0. The Morgan fingerprint density at radius 3 is 2.45 bits per heavy atom. The van der Waals surface area contributed by atoms with E-state index in [-0.39, 0.29) is 30.9 Å². The standard InChI is InChI=1S/C16H26N2.2ClH/c1-2-3-4-8-13-18-14-9-12-16(17)15-10-6-5-7-11-15;;/h5-7,10-11,14,16H,2-4,8-9,12-13,17H2,1H3;2*1H. The highest BCUT2D eigenvalue weighted by Crippen LogP contribution is 2.14.